The van der Waals surface area contributed by atoms with Crippen LogP contribution in [-0.4, -0.2) is 36.5 Å². The van der Waals surface area contributed by atoms with Gasteiger partial charge in [0.05, 0.1) is 19.1 Å². The molecule has 1 saturated heterocycles. The minimum absolute atomic E-state index is 0.0191. The number of fused-ring (bicyclic) bond motifs is 1. The zero-order chi connectivity index (χ0) is 18.1. The number of piperidine rings is 1. The van der Waals surface area contributed by atoms with Crippen LogP contribution in [0.1, 0.15) is 35.2 Å². The molecule has 4 rings (SSSR count). The third kappa shape index (κ3) is 3.31. The molecule has 136 valence electrons. The van der Waals surface area contributed by atoms with Gasteiger partial charge in [-0.1, -0.05) is 12.1 Å². The number of benzene rings is 2. The van der Waals surface area contributed by atoms with E-state index in [0.29, 0.717) is 17.7 Å². The molecular formula is C21H22FNO3. The summed E-state index contributed by atoms with van der Waals surface area (Å²) >= 11 is 0. The van der Waals surface area contributed by atoms with Gasteiger partial charge >= 0.3 is 0 Å². The molecule has 0 unspecified atom stereocenters. The Kier molecular flexibility index (Phi) is 4.41. The summed E-state index contributed by atoms with van der Waals surface area (Å²) in [6, 6.07) is 12.3. The molecule has 0 amide bonds. The molecule has 2 aromatic rings. The van der Waals surface area contributed by atoms with Crippen molar-refractivity contribution in [2.24, 2.45) is 0 Å². The Morgan fingerprint density at radius 3 is 2.58 bits per heavy atom. The minimum Gasteiger partial charge on any atom is -0.497 e. The number of carbonyl (C=O) groups is 1. The van der Waals surface area contributed by atoms with E-state index in [2.05, 4.69) is 17.0 Å². The van der Waals surface area contributed by atoms with Crippen molar-refractivity contribution in [2.75, 3.05) is 20.2 Å². The first-order valence-corrected chi connectivity index (χ1v) is 8.94. The van der Waals surface area contributed by atoms with E-state index in [1.165, 1.54) is 17.7 Å². The van der Waals surface area contributed by atoms with E-state index in [1.54, 1.807) is 13.2 Å². The van der Waals surface area contributed by atoms with E-state index in [-0.39, 0.29) is 5.78 Å². The van der Waals surface area contributed by atoms with E-state index in [4.69, 9.17) is 9.47 Å². The highest BCUT2D eigenvalue weighted by molar-refractivity contribution is 6.00. The molecule has 5 heteroatoms. The van der Waals surface area contributed by atoms with Crippen molar-refractivity contribution in [3.63, 3.8) is 0 Å². The van der Waals surface area contributed by atoms with Gasteiger partial charge < -0.3 is 9.47 Å². The molecule has 0 aromatic heterocycles. The Bertz CT molecular complexity index is 811. The first-order chi connectivity index (χ1) is 12.6. The molecule has 1 fully saturated rings. The molecule has 0 aliphatic carbocycles. The van der Waals surface area contributed by atoms with Crippen LogP contribution in [0.3, 0.4) is 0 Å². The number of hydrogen-bond acceptors (Lipinski definition) is 4. The first-order valence-electron chi connectivity index (χ1n) is 8.94. The Morgan fingerprint density at radius 1 is 1.15 bits per heavy atom. The number of nitrogens with zero attached hydrogens (tertiary/aromatic N) is 1. The summed E-state index contributed by atoms with van der Waals surface area (Å²) in [5, 5.41) is 0. The van der Waals surface area contributed by atoms with Crippen LogP contribution in [0, 0.1) is 5.82 Å². The molecule has 2 aromatic carbocycles. The third-order valence-electron chi connectivity index (χ3n) is 5.38. The van der Waals surface area contributed by atoms with E-state index >= 15 is 0 Å². The van der Waals surface area contributed by atoms with Crippen molar-refractivity contribution < 1.29 is 18.7 Å². The number of ether oxygens (including phenoxy) is 2. The van der Waals surface area contributed by atoms with E-state index < -0.39 is 11.4 Å². The van der Waals surface area contributed by atoms with Gasteiger partial charge in [0.25, 0.3) is 0 Å². The van der Waals surface area contributed by atoms with Crippen molar-refractivity contribution >= 4 is 5.78 Å². The van der Waals surface area contributed by atoms with Crippen LogP contribution < -0.4 is 9.47 Å². The highest BCUT2D eigenvalue weighted by atomic mass is 19.1. The normalized spacial score (nSPS) is 19.1. The second kappa shape index (κ2) is 6.72. The smallest absolute Gasteiger partial charge is 0.170 e. The van der Waals surface area contributed by atoms with Crippen LogP contribution >= 0.6 is 0 Å². The molecular weight excluding hydrogens is 333 g/mol. The van der Waals surface area contributed by atoms with Gasteiger partial charge in [-0.05, 0) is 35.9 Å². The number of hydrogen-bond donors (Lipinski definition) is 0. The SMILES string of the molecule is COc1ccc(CN2CCC3(CC2)CC(=O)c2cc(F)ccc2O3)cc1. The third-order valence-corrected chi connectivity index (χ3v) is 5.38. The first kappa shape index (κ1) is 17.0. The molecule has 26 heavy (non-hydrogen) atoms. The van der Waals surface area contributed by atoms with Crippen LogP contribution in [-0.2, 0) is 6.54 Å². The van der Waals surface area contributed by atoms with Crippen LogP contribution in [0.2, 0.25) is 0 Å². The maximum absolute atomic E-state index is 13.4. The number of Topliss-reactive ketones (excluding diaryl/α,β-unsaturated/α-hetero) is 1. The summed E-state index contributed by atoms with van der Waals surface area (Å²) in [5.74, 6) is 0.960. The van der Waals surface area contributed by atoms with Gasteiger partial charge in [-0.3, -0.25) is 9.69 Å². The van der Waals surface area contributed by atoms with Crippen molar-refractivity contribution in [1.29, 1.82) is 0 Å². The van der Waals surface area contributed by atoms with Crippen LogP contribution in [0.15, 0.2) is 42.5 Å². The zero-order valence-electron chi connectivity index (χ0n) is 14.8. The summed E-state index contributed by atoms with van der Waals surface area (Å²) in [4.78, 5) is 14.8. The maximum Gasteiger partial charge on any atom is 0.170 e. The minimum atomic E-state index is -0.446. The molecule has 4 nitrogen and oxygen atoms in total. The van der Waals surface area contributed by atoms with Crippen molar-refractivity contribution in [3.8, 4) is 11.5 Å². The maximum atomic E-state index is 13.4. The second-order valence-electron chi connectivity index (χ2n) is 7.15. The molecule has 2 aliphatic heterocycles. The molecule has 0 radical (unpaired) electrons. The fourth-order valence-corrected chi connectivity index (χ4v) is 3.85. The number of ketones is 1. The van der Waals surface area contributed by atoms with Gasteiger partial charge in [0.1, 0.15) is 22.9 Å². The van der Waals surface area contributed by atoms with Crippen LogP contribution in [0.5, 0.6) is 11.5 Å². The molecule has 1 spiro atoms. The lowest BCUT2D eigenvalue weighted by molar-refractivity contribution is -0.0108. The van der Waals surface area contributed by atoms with Gasteiger partial charge in [0.15, 0.2) is 5.78 Å². The van der Waals surface area contributed by atoms with E-state index in [0.717, 1.165) is 38.2 Å². The predicted octanol–water partition coefficient (Wildman–Crippen LogP) is 3.83. The number of halogens is 1. The summed E-state index contributed by atoms with van der Waals surface area (Å²) < 4.78 is 24.8. The number of methoxy groups -OCH3 is 1. The Labute approximate surface area is 152 Å². The number of carbonyl (C=O) groups excluding carboxylic acids is 1. The van der Waals surface area contributed by atoms with Crippen molar-refractivity contribution in [2.45, 2.75) is 31.4 Å². The predicted molar refractivity (Wildman–Crippen MR) is 96.2 cm³/mol. The molecule has 0 atom stereocenters. The molecule has 2 aliphatic rings. The summed E-state index contributed by atoms with van der Waals surface area (Å²) in [7, 11) is 1.66. The van der Waals surface area contributed by atoms with Gasteiger partial charge in [-0.25, -0.2) is 4.39 Å². The van der Waals surface area contributed by atoms with Gasteiger partial charge in [-0.15, -0.1) is 0 Å². The highest BCUT2D eigenvalue weighted by Gasteiger charge is 2.42. The van der Waals surface area contributed by atoms with E-state index in [9.17, 15) is 9.18 Å². The Hall–Kier alpha value is -2.40. The summed E-state index contributed by atoms with van der Waals surface area (Å²) in [5.41, 5.74) is 1.16. The second-order valence-corrected chi connectivity index (χ2v) is 7.15. The van der Waals surface area contributed by atoms with Gasteiger partial charge in [-0.2, -0.15) is 0 Å². The highest BCUT2D eigenvalue weighted by Crippen LogP contribution is 2.39. The lowest BCUT2D eigenvalue weighted by Crippen LogP contribution is -2.50. The average molecular weight is 355 g/mol. The van der Waals surface area contributed by atoms with Crippen LogP contribution in [0.25, 0.3) is 0 Å². The largest absolute Gasteiger partial charge is 0.497 e. The zero-order valence-corrected chi connectivity index (χ0v) is 14.8. The number of likely N-dealkylation sites (tertiary alicyclic amines) is 1. The molecule has 0 N–H and O–H groups in total. The quantitative estimate of drug-likeness (QED) is 0.839. The summed E-state index contributed by atoms with van der Waals surface area (Å²) in [6.45, 7) is 2.61. The van der Waals surface area contributed by atoms with E-state index in [1.807, 2.05) is 12.1 Å². The fourth-order valence-electron chi connectivity index (χ4n) is 3.85. The van der Waals surface area contributed by atoms with Gasteiger partial charge in [0, 0.05) is 32.5 Å². The topological polar surface area (TPSA) is 38.8 Å². The van der Waals surface area contributed by atoms with Gasteiger partial charge in [0.2, 0.25) is 0 Å². The summed E-state index contributed by atoms with van der Waals surface area (Å²) in [6.07, 6.45) is 1.93. The monoisotopic (exact) mass is 355 g/mol. The molecule has 0 saturated carbocycles. The lowest BCUT2D eigenvalue weighted by Gasteiger charge is -2.44. The number of rotatable bonds is 3. The average Bonchev–Trinajstić information content (AvgIpc) is 2.65. The Balaban J connectivity index is 1.41. The van der Waals surface area contributed by atoms with Crippen LogP contribution in [0.4, 0.5) is 4.39 Å². The molecule has 0 bridgehead atoms. The standard InChI is InChI=1S/C21H22FNO3/c1-25-17-5-2-15(3-6-17)14-23-10-8-21(9-11-23)13-19(24)18-12-16(22)4-7-20(18)26-21/h2-7,12H,8-11,13-14H2,1H3. The van der Waals surface area contributed by atoms with Crippen molar-refractivity contribution in [3.05, 3.63) is 59.4 Å². The Morgan fingerprint density at radius 2 is 1.88 bits per heavy atom. The van der Waals surface area contributed by atoms with Crippen molar-refractivity contribution in [1.82, 2.24) is 4.90 Å². The lowest BCUT2D eigenvalue weighted by atomic mass is 9.82. The fraction of sp³-hybridized carbons (Fsp3) is 0.381. The molecule has 2 heterocycles.